The van der Waals surface area contributed by atoms with Crippen LogP contribution >= 0.6 is 0 Å². The van der Waals surface area contributed by atoms with Crippen molar-refractivity contribution in [3.05, 3.63) is 47.1 Å². The molecule has 7 heteroatoms. The molecule has 2 aromatic heterocycles. The molecule has 0 radical (unpaired) electrons. The molecule has 1 fully saturated rings. The summed E-state index contributed by atoms with van der Waals surface area (Å²) in [5.41, 5.74) is 2.72. The average Bonchev–Trinajstić information content (AvgIpc) is 2.98. The van der Waals surface area contributed by atoms with Crippen LogP contribution in [-0.2, 0) is 27.3 Å². The van der Waals surface area contributed by atoms with E-state index in [-0.39, 0.29) is 18.1 Å². The number of hydrogen-bond acceptors (Lipinski definition) is 6. The van der Waals surface area contributed by atoms with E-state index in [2.05, 4.69) is 15.5 Å². The van der Waals surface area contributed by atoms with Gasteiger partial charge in [0.1, 0.15) is 5.76 Å². The van der Waals surface area contributed by atoms with E-state index in [1.165, 1.54) is 0 Å². The summed E-state index contributed by atoms with van der Waals surface area (Å²) in [5, 5.41) is 6.99. The highest BCUT2D eigenvalue weighted by Crippen LogP contribution is 2.18. The first-order chi connectivity index (χ1) is 12.6. The minimum Gasteiger partial charge on any atom is -0.379 e. The van der Waals surface area contributed by atoms with Crippen LogP contribution in [0.25, 0.3) is 0 Å². The first kappa shape index (κ1) is 18.5. The summed E-state index contributed by atoms with van der Waals surface area (Å²) in [5.74, 6) is 0.752. The summed E-state index contributed by atoms with van der Waals surface area (Å²) >= 11 is 0. The first-order valence-electron chi connectivity index (χ1n) is 8.94. The molecule has 2 atom stereocenters. The predicted molar refractivity (Wildman–Crippen MR) is 94.5 cm³/mol. The van der Waals surface area contributed by atoms with Crippen LogP contribution in [0, 0.1) is 13.8 Å². The van der Waals surface area contributed by atoms with Crippen molar-refractivity contribution < 1.29 is 18.8 Å². The van der Waals surface area contributed by atoms with Gasteiger partial charge in [0.15, 0.2) is 0 Å². The minimum absolute atomic E-state index is 0.0166. The molecule has 0 aliphatic carbocycles. The van der Waals surface area contributed by atoms with Crippen LogP contribution in [0.2, 0.25) is 0 Å². The third-order valence-electron chi connectivity index (χ3n) is 4.60. The Morgan fingerprint density at radius 3 is 3.00 bits per heavy atom. The second-order valence-corrected chi connectivity index (χ2v) is 6.51. The summed E-state index contributed by atoms with van der Waals surface area (Å²) in [6.07, 6.45) is 3.40. The van der Waals surface area contributed by atoms with Gasteiger partial charge in [-0.05, 0) is 38.8 Å². The summed E-state index contributed by atoms with van der Waals surface area (Å²) < 4.78 is 16.8. The number of amides is 1. The molecule has 0 saturated carbocycles. The fourth-order valence-corrected chi connectivity index (χ4v) is 3.02. The van der Waals surface area contributed by atoms with Gasteiger partial charge in [0.05, 0.1) is 31.1 Å². The van der Waals surface area contributed by atoms with Gasteiger partial charge in [-0.3, -0.25) is 9.78 Å². The average molecular weight is 359 g/mol. The zero-order chi connectivity index (χ0) is 18.4. The van der Waals surface area contributed by atoms with E-state index in [4.69, 9.17) is 14.0 Å². The Kier molecular flexibility index (Phi) is 6.35. The molecule has 1 aliphatic heterocycles. The maximum Gasteiger partial charge on any atom is 0.220 e. The molecular weight excluding hydrogens is 334 g/mol. The topological polar surface area (TPSA) is 86.5 Å². The first-order valence-corrected chi connectivity index (χ1v) is 8.94. The lowest BCUT2D eigenvalue weighted by molar-refractivity contribution is -0.126. The molecule has 140 valence electrons. The van der Waals surface area contributed by atoms with Gasteiger partial charge in [-0.1, -0.05) is 11.2 Å². The summed E-state index contributed by atoms with van der Waals surface area (Å²) in [6, 6.07) is 5.56. The van der Waals surface area contributed by atoms with Gasteiger partial charge in [-0.2, -0.15) is 0 Å². The van der Waals surface area contributed by atoms with Crippen LogP contribution in [0.15, 0.2) is 28.9 Å². The molecule has 0 bridgehead atoms. The number of nitrogens with one attached hydrogen (secondary N) is 1. The predicted octanol–water partition coefficient (Wildman–Crippen LogP) is 2.11. The quantitative estimate of drug-likeness (QED) is 0.815. The molecule has 0 unspecified atom stereocenters. The van der Waals surface area contributed by atoms with E-state index in [1.807, 2.05) is 32.0 Å². The highest BCUT2D eigenvalue weighted by atomic mass is 16.5. The largest absolute Gasteiger partial charge is 0.379 e. The fraction of sp³-hybridized carbons (Fsp3) is 0.526. The molecule has 3 heterocycles. The number of pyridine rings is 1. The number of ether oxygens (including phenoxy) is 2. The maximum atomic E-state index is 12.3. The van der Waals surface area contributed by atoms with Crippen molar-refractivity contribution in [1.82, 2.24) is 15.5 Å². The van der Waals surface area contributed by atoms with Gasteiger partial charge < -0.3 is 19.3 Å². The fourth-order valence-electron chi connectivity index (χ4n) is 3.02. The number of aromatic nitrogens is 2. The van der Waals surface area contributed by atoms with Crippen LogP contribution in [0.5, 0.6) is 0 Å². The summed E-state index contributed by atoms with van der Waals surface area (Å²) in [4.78, 5) is 16.5. The molecule has 2 aromatic rings. The zero-order valence-electron chi connectivity index (χ0n) is 15.2. The van der Waals surface area contributed by atoms with E-state index < -0.39 is 0 Å². The van der Waals surface area contributed by atoms with Crippen LogP contribution in [-0.4, -0.2) is 41.4 Å². The Bertz CT molecular complexity index is 697. The van der Waals surface area contributed by atoms with Crippen molar-refractivity contribution in [2.45, 2.75) is 51.9 Å². The second-order valence-electron chi connectivity index (χ2n) is 6.51. The number of aryl methyl sites for hydroxylation is 3. The van der Waals surface area contributed by atoms with Crippen molar-refractivity contribution >= 4 is 5.91 Å². The van der Waals surface area contributed by atoms with Gasteiger partial charge in [0.25, 0.3) is 0 Å². The van der Waals surface area contributed by atoms with Gasteiger partial charge in [-0.15, -0.1) is 0 Å². The Morgan fingerprint density at radius 2 is 2.27 bits per heavy atom. The van der Waals surface area contributed by atoms with Crippen molar-refractivity contribution in [3.8, 4) is 0 Å². The number of carbonyl (C=O) groups is 1. The van der Waals surface area contributed by atoms with Gasteiger partial charge in [0.2, 0.25) is 5.91 Å². The zero-order valence-corrected chi connectivity index (χ0v) is 15.2. The van der Waals surface area contributed by atoms with E-state index in [9.17, 15) is 4.79 Å². The SMILES string of the molecule is Cc1noc(C)c1CO[C@@H]1CCOC[C@@H]1NC(=O)CCc1ccccn1. The standard InChI is InChI=1S/C19H25N3O4/c1-13-16(14(2)26-22-13)11-25-18-8-10-24-12-17(18)21-19(23)7-6-15-5-3-4-9-20-15/h3-5,9,17-18H,6-8,10-12H2,1-2H3,(H,21,23)/t17-,18+/m0/s1. The van der Waals surface area contributed by atoms with Crippen molar-refractivity contribution in [2.75, 3.05) is 13.2 Å². The second kappa shape index (κ2) is 8.91. The smallest absolute Gasteiger partial charge is 0.220 e. The lowest BCUT2D eigenvalue weighted by Crippen LogP contribution is -2.50. The molecule has 7 nitrogen and oxygen atoms in total. The molecule has 1 N–H and O–H groups in total. The monoisotopic (exact) mass is 359 g/mol. The molecular formula is C19H25N3O4. The number of carbonyl (C=O) groups excluding carboxylic acids is 1. The Balaban J connectivity index is 1.50. The van der Waals surface area contributed by atoms with Crippen molar-refractivity contribution in [1.29, 1.82) is 0 Å². The summed E-state index contributed by atoms with van der Waals surface area (Å²) in [6.45, 7) is 5.29. The normalized spacial score (nSPS) is 20.1. The van der Waals surface area contributed by atoms with Crippen LogP contribution in [0.4, 0.5) is 0 Å². The molecule has 0 aromatic carbocycles. The van der Waals surface area contributed by atoms with Crippen molar-refractivity contribution in [3.63, 3.8) is 0 Å². The molecule has 26 heavy (non-hydrogen) atoms. The highest BCUT2D eigenvalue weighted by Gasteiger charge is 2.28. The van der Waals surface area contributed by atoms with Gasteiger partial charge in [-0.25, -0.2) is 0 Å². The Labute approximate surface area is 153 Å². The molecule has 1 saturated heterocycles. The molecule has 1 amide bonds. The lowest BCUT2D eigenvalue weighted by atomic mass is 10.1. The molecule has 1 aliphatic rings. The lowest BCUT2D eigenvalue weighted by Gasteiger charge is -2.32. The van der Waals surface area contributed by atoms with Crippen LogP contribution < -0.4 is 5.32 Å². The summed E-state index contributed by atoms with van der Waals surface area (Å²) in [7, 11) is 0. The van der Waals surface area contributed by atoms with E-state index in [1.54, 1.807) is 6.20 Å². The molecule has 3 rings (SSSR count). The van der Waals surface area contributed by atoms with Gasteiger partial charge in [0, 0.05) is 30.5 Å². The third-order valence-corrected chi connectivity index (χ3v) is 4.60. The molecule has 0 spiro atoms. The van der Waals surface area contributed by atoms with Crippen LogP contribution in [0.3, 0.4) is 0 Å². The van der Waals surface area contributed by atoms with E-state index >= 15 is 0 Å². The van der Waals surface area contributed by atoms with Gasteiger partial charge >= 0.3 is 0 Å². The number of rotatable bonds is 7. The van der Waals surface area contributed by atoms with E-state index in [0.717, 1.165) is 29.1 Å². The Morgan fingerprint density at radius 1 is 1.38 bits per heavy atom. The van der Waals surface area contributed by atoms with E-state index in [0.29, 0.717) is 32.7 Å². The minimum atomic E-state index is -0.152. The maximum absolute atomic E-state index is 12.3. The Hall–Kier alpha value is -2.25. The number of hydrogen-bond donors (Lipinski definition) is 1. The highest BCUT2D eigenvalue weighted by molar-refractivity contribution is 5.76. The van der Waals surface area contributed by atoms with Crippen molar-refractivity contribution in [2.24, 2.45) is 0 Å². The third kappa shape index (κ3) is 4.89. The van der Waals surface area contributed by atoms with Crippen LogP contribution in [0.1, 0.15) is 35.6 Å². The number of nitrogens with zero attached hydrogens (tertiary/aromatic N) is 2.